The Morgan fingerprint density at radius 3 is 2.26 bits per heavy atom. The lowest BCUT2D eigenvalue weighted by Gasteiger charge is -2.25. The van der Waals surface area contributed by atoms with Crippen LogP contribution in [0.3, 0.4) is 0 Å². The van der Waals surface area contributed by atoms with Gasteiger partial charge < -0.3 is 5.32 Å². The van der Waals surface area contributed by atoms with Crippen LogP contribution in [0.15, 0.2) is 83.8 Å². The molecule has 1 atom stereocenters. The number of hydrogen-bond acceptors (Lipinski definition) is 5. The average Bonchev–Trinajstić information content (AvgIpc) is 3.21. The van der Waals surface area contributed by atoms with Crippen LogP contribution in [0, 0.1) is 13.8 Å². The maximum atomic E-state index is 12.9. The summed E-state index contributed by atoms with van der Waals surface area (Å²) in [5.74, 6) is 0.378. The number of aryl methyl sites for hydroxylation is 2. The number of halogens is 1. The van der Waals surface area contributed by atoms with E-state index in [9.17, 15) is 8.42 Å². The summed E-state index contributed by atoms with van der Waals surface area (Å²) in [5, 5.41) is 8.33. The lowest BCUT2D eigenvalue weighted by Crippen LogP contribution is -2.20. The van der Waals surface area contributed by atoms with E-state index in [1.54, 1.807) is 28.9 Å². The van der Waals surface area contributed by atoms with Crippen molar-refractivity contribution in [2.75, 3.05) is 10.0 Å². The zero-order valence-corrected chi connectivity index (χ0v) is 20.1. The van der Waals surface area contributed by atoms with E-state index < -0.39 is 10.0 Å². The molecule has 7 nitrogen and oxygen atoms in total. The molecule has 1 aromatic heterocycles. The van der Waals surface area contributed by atoms with Gasteiger partial charge in [0.15, 0.2) is 0 Å². The predicted octanol–water partition coefficient (Wildman–Crippen LogP) is 5.41. The zero-order chi connectivity index (χ0) is 23.9. The minimum atomic E-state index is -3.85. The van der Waals surface area contributed by atoms with Crippen LogP contribution >= 0.6 is 11.6 Å². The van der Waals surface area contributed by atoms with E-state index in [1.165, 1.54) is 0 Å². The van der Waals surface area contributed by atoms with Crippen LogP contribution in [-0.2, 0) is 10.0 Å². The molecular weight excluding hydrogens is 470 g/mol. The maximum Gasteiger partial charge on any atom is 0.264 e. The summed E-state index contributed by atoms with van der Waals surface area (Å²) in [7, 11) is -3.85. The predicted molar refractivity (Wildman–Crippen MR) is 134 cm³/mol. The summed E-state index contributed by atoms with van der Waals surface area (Å²) >= 11 is 6.52. The van der Waals surface area contributed by atoms with Crippen LogP contribution in [0.4, 0.5) is 11.9 Å². The highest BCUT2D eigenvalue weighted by Crippen LogP contribution is 2.36. The van der Waals surface area contributed by atoms with Crippen LogP contribution in [0.25, 0.3) is 5.70 Å². The van der Waals surface area contributed by atoms with E-state index in [2.05, 4.69) is 20.1 Å². The average molecular weight is 492 g/mol. The lowest BCUT2D eigenvalue weighted by atomic mass is 10.0. The SMILES string of the molecule is Cc1ccc(C2=C[C@H](c3ccccc3Cl)n3nc(NS(=O)(=O)c4ccc(C)cc4)nc3N2)cc1. The zero-order valence-electron chi connectivity index (χ0n) is 18.5. The van der Waals surface area contributed by atoms with Crippen LogP contribution in [0.2, 0.25) is 5.02 Å². The van der Waals surface area contributed by atoms with Gasteiger partial charge in [-0.15, -0.1) is 5.10 Å². The second kappa shape index (κ2) is 8.62. The molecule has 0 saturated heterocycles. The molecule has 0 spiro atoms. The van der Waals surface area contributed by atoms with E-state index in [1.807, 2.05) is 68.5 Å². The summed E-state index contributed by atoms with van der Waals surface area (Å²) in [6, 6.07) is 21.8. The van der Waals surface area contributed by atoms with Crippen molar-refractivity contribution < 1.29 is 8.42 Å². The lowest BCUT2D eigenvalue weighted by molar-refractivity contribution is 0.598. The topological polar surface area (TPSA) is 88.9 Å². The first-order valence-corrected chi connectivity index (χ1v) is 12.5. The van der Waals surface area contributed by atoms with Crippen molar-refractivity contribution in [2.45, 2.75) is 24.8 Å². The fourth-order valence-corrected chi connectivity index (χ4v) is 4.96. The van der Waals surface area contributed by atoms with Gasteiger partial charge in [0, 0.05) is 10.7 Å². The normalized spacial score (nSPS) is 15.3. The molecule has 2 heterocycles. The third-order valence-electron chi connectivity index (χ3n) is 5.61. The van der Waals surface area contributed by atoms with Crippen LogP contribution < -0.4 is 10.0 Å². The molecule has 34 heavy (non-hydrogen) atoms. The van der Waals surface area contributed by atoms with Crippen molar-refractivity contribution in [3.8, 4) is 0 Å². The number of nitrogens with one attached hydrogen (secondary N) is 2. The minimum Gasteiger partial charge on any atom is -0.324 e. The monoisotopic (exact) mass is 491 g/mol. The van der Waals surface area contributed by atoms with E-state index >= 15 is 0 Å². The Balaban J connectivity index is 1.55. The van der Waals surface area contributed by atoms with E-state index in [4.69, 9.17) is 11.6 Å². The Morgan fingerprint density at radius 2 is 1.59 bits per heavy atom. The van der Waals surface area contributed by atoms with Crippen LogP contribution in [0.5, 0.6) is 0 Å². The van der Waals surface area contributed by atoms with Gasteiger partial charge in [0.1, 0.15) is 6.04 Å². The highest BCUT2D eigenvalue weighted by Gasteiger charge is 2.28. The first-order valence-electron chi connectivity index (χ1n) is 10.7. The Hall–Kier alpha value is -3.62. The third kappa shape index (κ3) is 4.30. The Bertz CT molecular complexity index is 1490. The van der Waals surface area contributed by atoms with E-state index in [0.717, 1.165) is 28.0 Å². The van der Waals surface area contributed by atoms with Gasteiger partial charge in [0.25, 0.3) is 16.0 Å². The molecule has 0 aliphatic carbocycles. The second-order valence-corrected chi connectivity index (χ2v) is 10.2. The Labute approximate surface area is 203 Å². The van der Waals surface area contributed by atoms with E-state index in [0.29, 0.717) is 11.0 Å². The number of sulfonamides is 1. The van der Waals surface area contributed by atoms with Crippen molar-refractivity contribution in [3.63, 3.8) is 0 Å². The molecule has 1 aliphatic heterocycles. The van der Waals surface area contributed by atoms with Crippen molar-refractivity contribution in [2.24, 2.45) is 0 Å². The molecule has 1 aliphatic rings. The van der Waals surface area contributed by atoms with Gasteiger partial charge in [-0.25, -0.2) is 17.8 Å². The van der Waals surface area contributed by atoms with Gasteiger partial charge in [0.2, 0.25) is 5.95 Å². The molecule has 172 valence electrons. The number of hydrogen-bond donors (Lipinski definition) is 2. The quantitative estimate of drug-likeness (QED) is 0.390. The summed E-state index contributed by atoms with van der Waals surface area (Å²) in [5.41, 5.74) is 4.75. The van der Waals surface area contributed by atoms with Crippen molar-refractivity contribution in [3.05, 3.63) is 106 Å². The van der Waals surface area contributed by atoms with Gasteiger partial charge in [-0.05, 0) is 49.2 Å². The molecule has 0 fully saturated rings. The van der Waals surface area contributed by atoms with Crippen LogP contribution in [0.1, 0.15) is 28.3 Å². The first-order chi connectivity index (χ1) is 16.3. The first kappa shape index (κ1) is 22.2. The molecule has 3 aromatic carbocycles. The molecule has 0 radical (unpaired) electrons. The number of allylic oxidation sites excluding steroid dienone is 1. The fourth-order valence-electron chi connectivity index (χ4n) is 3.77. The molecule has 0 saturated carbocycles. The summed E-state index contributed by atoms with van der Waals surface area (Å²) < 4.78 is 29.9. The van der Waals surface area contributed by atoms with Gasteiger partial charge in [-0.3, -0.25) is 0 Å². The summed E-state index contributed by atoms with van der Waals surface area (Å²) in [6.07, 6.45) is 2.01. The molecule has 4 aromatic rings. The highest BCUT2D eigenvalue weighted by atomic mass is 35.5. The van der Waals surface area contributed by atoms with Crippen molar-refractivity contribution in [1.29, 1.82) is 0 Å². The largest absolute Gasteiger partial charge is 0.324 e. The van der Waals surface area contributed by atoms with Crippen molar-refractivity contribution >= 4 is 39.2 Å². The van der Waals surface area contributed by atoms with E-state index in [-0.39, 0.29) is 16.9 Å². The molecule has 5 rings (SSSR count). The number of fused-ring (bicyclic) bond motifs is 1. The number of nitrogens with zero attached hydrogens (tertiary/aromatic N) is 3. The number of rotatable bonds is 5. The summed E-state index contributed by atoms with van der Waals surface area (Å²) in [4.78, 5) is 4.58. The standard InChI is InChI=1S/C25H22ClN5O2S/c1-16-7-11-18(12-8-16)22-15-23(20-5-3-4-6-21(20)26)31-25(27-22)28-24(29-31)30-34(32,33)19-13-9-17(2)10-14-19/h3-15,23H,1-2H3,(H2,27,28,29,30)/t23-/m1/s1. The molecule has 0 bridgehead atoms. The fraction of sp³-hybridized carbons (Fsp3) is 0.120. The number of anilines is 2. The molecule has 0 amide bonds. The number of aromatic nitrogens is 3. The van der Waals surface area contributed by atoms with Gasteiger partial charge >= 0.3 is 0 Å². The number of benzene rings is 3. The van der Waals surface area contributed by atoms with Gasteiger partial charge in [0.05, 0.1) is 4.90 Å². The molecule has 9 heteroatoms. The minimum absolute atomic E-state index is 0.0290. The Morgan fingerprint density at radius 1 is 0.941 bits per heavy atom. The highest BCUT2D eigenvalue weighted by molar-refractivity contribution is 7.92. The molecule has 2 N–H and O–H groups in total. The maximum absolute atomic E-state index is 12.9. The van der Waals surface area contributed by atoms with Crippen LogP contribution in [-0.4, -0.2) is 23.2 Å². The molecular formula is C25H22ClN5O2S. The van der Waals surface area contributed by atoms with Gasteiger partial charge in [-0.1, -0.05) is 77.3 Å². The van der Waals surface area contributed by atoms with Gasteiger partial charge in [-0.2, -0.15) is 4.98 Å². The Kier molecular flexibility index (Phi) is 5.63. The third-order valence-corrected chi connectivity index (χ3v) is 7.30. The van der Waals surface area contributed by atoms with Crippen molar-refractivity contribution in [1.82, 2.24) is 14.8 Å². The summed E-state index contributed by atoms with van der Waals surface area (Å²) in [6.45, 7) is 3.93. The second-order valence-electron chi connectivity index (χ2n) is 8.16. The molecule has 0 unspecified atom stereocenters. The smallest absolute Gasteiger partial charge is 0.264 e.